The number of aryl methyl sites for hydroxylation is 1. The van der Waals surface area contributed by atoms with E-state index < -0.39 is 21.2 Å². The van der Waals surface area contributed by atoms with E-state index in [1.165, 1.54) is 6.20 Å². The van der Waals surface area contributed by atoms with Gasteiger partial charge in [-0.1, -0.05) is 0 Å². The van der Waals surface area contributed by atoms with Gasteiger partial charge in [0.1, 0.15) is 0 Å². The van der Waals surface area contributed by atoms with Crippen molar-refractivity contribution in [1.29, 1.82) is 0 Å². The minimum absolute atomic E-state index is 0.186. The van der Waals surface area contributed by atoms with Crippen molar-refractivity contribution in [1.82, 2.24) is 25.4 Å². The Labute approximate surface area is 152 Å². The molecular formula is C13H11I2N5OS-2. The third kappa shape index (κ3) is 4.52. The molecule has 0 aliphatic heterocycles. The molecule has 0 spiro atoms. The van der Waals surface area contributed by atoms with Gasteiger partial charge in [-0.3, -0.25) is 0 Å². The van der Waals surface area contributed by atoms with Crippen molar-refractivity contribution in [2.75, 3.05) is 0 Å². The van der Waals surface area contributed by atoms with Crippen LogP contribution in [-0.4, -0.2) is 30.5 Å². The molecule has 6 nitrogen and oxygen atoms in total. The summed E-state index contributed by atoms with van der Waals surface area (Å²) in [5, 5.41) is 28.1. The molecule has 3 heterocycles. The number of hydrogen-bond donors (Lipinski definition) is 1. The SMILES string of the molecule is Cc1nnc(C[I-]c2ccc([I-]c3ccc(O)cn3)nn2)s1. The maximum absolute atomic E-state index is 9.23. The van der Waals surface area contributed by atoms with Gasteiger partial charge < -0.3 is 0 Å². The number of hydrogen-bond acceptors (Lipinski definition) is 7. The Morgan fingerprint density at radius 3 is 2.41 bits per heavy atom. The number of halogens is 2. The van der Waals surface area contributed by atoms with Gasteiger partial charge in [-0.15, -0.1) is 0 Å². The number of pyridine rings is 1. The second kappa shape index (κ2) is 7.55. The number of rotatable bonds is 5. The molecule has 0 aliphatic rings. The molecule has 0 unspecified atom stereocenters. The predicted octanol–water partition coefficient (Wildman–Crippen LogP) is -4.68. The molecule has 0 atom stereocenters. The van der Waals surface area contributed by atoms with E-state index in [2.05, 4.69) is 31.4 Å². The normalized spacial score (nSPS) is 11.1. The van der Waals surface area contributed by atoms with Crippen LogP contribution >= 0.6 is 11.3 Å². The van der Waals surface area contributed by atoms with Crippen molar-refractivity contribution in [2.45, 2.75) is 11.4 Å². The first-order chi connectivity index (χ1) is 10.7. The van der Waals surface area contributed by atoms with E-state index in [0.29, 0.717) is 0 Å². The van der Waals surface area contributed by atoms with Crippen molar-refractivity contribution >= 4 is 11.3 Å². The second-order valence-corrected chi connectivity index (χ2v) is 10.7. The summed E-state index contributed by atoms with van der Waals surface area (Å²) in [7, 11) is 0. The molecule has 0 saturated carbocycles. The fraction of sp³-hybridized carbons (Fsp3) is 0.154. The molecule has 0 bridgehead atoms. The zero-order valence-electron chi connectivity index (χ0n) is 11.4. The van der Waals surface area contributed by atoms with Crippen molar-refractivity contribution < 1.29 is 47.5 Å². The van der Waals surface area contributed by atoms with Gasteiger partial charge in [0.2, 0.25) is 0 Å². The minimum atomic E-state index is -0.452. The predicted molar refractivity (Wildman–Crippen MR) is 72.4 cm³/mol. The first-order valence-corrected chi connectivity index (χ1v) is 11.8. The van der Waals surface area contributed by atoms with Crippen LogP contribution in [0.1, 0.15) is 10.0 Å². The first kappa shape index (κ1) is 15.9. The summed E-state index contributed by atoms with van der Waals surface area (Å²) in [5.41, 5.74) is 0. The summed E-state index contributed by atoms with van der Waals surface area (Å²) in [6.45, 7) is 1.97. The van der Waals surface area contributed by atoms with Crippen molar-refractivity contribution in [3.05, 3.63) is 51.6 Å². The van der Waals surface area contributed by atoms with Gasteiger partial charge >= 0.3 is 153 Å². The molecule has 3 rings (SSSR count). The van der Waals surface area contributed by atoms with Gasteiger partial charge in [-0.25, -0.2) is 0 Å². The van der Waals surface area contributed by atoms with Crippen LogP contribution in [0.2, 0.25) is 0 Å². The molecule has 0 radical (unpaired) electrons. The summed E-state index contributed by atoms with van der Waals surface area (Å²) in [6.07, 6.45) is 1.46. The van der Waals surface area contributed by atoms with E-state index in [9.17, 15) is 5.11 Å². The third-order valence-electron chi connectivity index (χ3n) is 2.39. The van der Waals surface area contributed by atoms with Crippen LogP contribution in [0.25, 0.3) is 0 Å². The van der Waals surface area contributed by atoms with Crippen LogP contribution in [0.5, 0.6) is 5.75 Å². The Balaban J connectivity index is 1.59. The van der Waals surface area contributed by atoms with E-state index in [1.807, 2.05) is 19.1 Å². The van der Waals surface area contributed by atoms with Crippen LogP contribution < -0.4 is 42.4 Å². The second-order valence-electron chi connectivity index (χ2n) is 4.09. The van der Waals surface area contributed by atoms with E-state index >= 15 is 0 Å². The van der Waals surface area contributed by atoms with Gasteiger partial charge in [0.25, 0.3) is 0 Å². The summed E-state index contributed by atoms with van der Waals surface area (Å²) in [4.78, 5) is 4.20. The molecule has 9 heteroatoms. The van der Waals surface area contributed by atoms with Gasteiger partial charge in [-0.2, -0.15) is 0 Å². The quantitative estimate of drug-likeness (QED) is 0.200. The van der Waals surface area contributed by atoms with Crippen LogP contribution in [0.3, 0.4) is 0 Å². The molecule has 116 valence electrons. The summed E-state index contributed by atoms with van der Waals surface area (Å²) >= 11 is 0.977. The molecular weight excluding hydrogens is 528 g/mol. The fourth-order valence-electron chi connectivity index (χ4n) is 1.46. The van der Waals surface area contributed by atoms with Crippen LogP contribution in [0.15, 0.2) is 30.5 Å². The number of nitrogens with zero attached hydrogens (tertiary/aromatic N) is 5. The van der Waals surface area contributed by atoms with Crippen molar-refractivity contribution in [3.63, 3.8) is 0 Å². The standard InChI is InChI=1S/C13H11I2N5OS/c1-8-17-20-13(22-8)6-14-10-4-5-12(19-18-10)15-11-3-2-9(21)7-16-11/h2-5,7,21H,6H2,1H3/q-2. The Hall–Kier alpha value is -0.950. The molecule has 0 saturated heterocycles. The summed E-state index contributed by atoms with van der Waals surface area (Å²) in [5.74, 6) is 0.186. The number of alkyl halides is 1. The average Bonchev–Trinajstić information content (AvgIpc) is 2.94. The molecule has 22 heavy (non-hydrogen) atoms. The monoisotopic (exact) mass is 539 g/mol. The molecule has 0 aromatic carbocycles. The molecule has 0 fully saturated rings. The van der Waals surface area contributed by atoms with E-state index in [4.69, 9.17) is 0 Å². The molecule has 0 aliphatic carbocycles. The molecule has 3 aromatic heterocycles. The van der Waals surface area contributed by atoms with E-state index in [-0.39, 0.29) is 27.0 Å². The topological polar surface area (TPSA) is 84.7 Å². The van der Waals surface area contributed by atoms with Crippen LogP contribution in [0, 0.1) is 18.0 Å². The Morgan fingerprint density at radius 2 is 1.77 bits per heavy atom. The molecule has 1 N–H and O–H groups in total. The zero-order chi connectivity index (χ0) is 15.4. The van der Waals surface area contributed by atoms with Crippen molar-refractivity contribution in [2.24, 2.45) is 0 Å². The Kier molecular flexibility index (Phi) is 5.46. The van der Waals surface area contributed by atoms with Crippen LogP contribution in [-0.2, 0) is 4.43 Å². The Morgan fingerprint density at radius 1 is 1.00 bits per heavy atom. The first-order valence-electron chi connectivity index (χ1n) is 6.21. The van der Waals surface area contributed by atoms with Gasteiger partial charge in [0.15, 0.2) is 0 Å². The van der Waals surface area contributed by atoms with Gasteiger partial charge in [0, 0.05) is 0 Å². The molecule has 0 amide bonds. The van der Waals surface area contributed by atoms with E-state index in [0.717, 1.165) is 25.5 Å². The van der Waals surface area contributed by atoms with Gasteiger partial charge in [0.05, 0.1) is 0 Å². The Bertz CT molecular complexity index is 748. The zero-order valence-corrected chi connectivity index (χ0v) is 16.6. The number of aromatic nitrogens is 5. The fourth-order valence-corrected chi connectivity index (χ4v) is 6.20. The molecule has 3 aromatic rings. The maximum atomic E-state index is 9.23. The summed E-state index contributed by atoms with van der Waals surface area (Å²) in [6, 6.07) is 7.58. The number of aromatic hydroxyl groups is 1. The van der Waals surface area contributed by atoms with Gasteiger partial charge in [-0.05, 0) is 0 Å². The summed E-state index contributed by atoms with van der Waals surface area (Å²) < 4.78 is 3.97. The average molecular weight is 539 g/mol. The van der Waals surface area contributed by atoms with E-state index in [1.54, 1.807) is 17.4 Å². The van der Waals surface area contributed by atoms with Crippen LogP contribution in [0.4, 0.5) is 0 Å². The van der Waals surface area contributed by atoms with Crippen molar-refractivity contribution in [3.8, 4) is 5.75 Å². The third-order valence-corrected chi connectivity index (χ3v) is 8.53.